The fourth-order valence-electron chi connectivity index (χ4n) is 1.69. The molecule has 0 heterocycles. The van der Waals surface area contributed by atoms with Crippen LogP contribution in [0.4, 0.5) is 0 Å². The Bertz CT molecular complexity index is 224. The zero-order valence-corrected chi connectivity index (χ0v) is 18.7. The first-order valence-electron chi connectivity index (χ1n) is 6.18. The van der Waals surface area contributed by atoms with E-state index in [1.807, 2.05) is 0 Å². The first-order chi connectivity index (χ1) is 8.06. The second-order valence-corrected chi connectivity index (χ2v) is 4.22. The molecular weight excluding hydrogens is 300 g/mol. The summed E-state index contributed by atoms with van der Waals surface area (Å²) in [4.78, 5) is 22.1. The number of carboxylic acid groups (broad SMARTS) is 2. The van der Waals surface area contributed by atoms with E-state index in [0.717, 1.165) is 19.3 Å². The van der Waals surface area contributed by atoms with Gasteiger partial charge in [0.2, 0.25) is 0 Å². The third-order valence-electron chi connectivity index (χ3n) is 2.53. The van der Waals surface area contributed by atoms with Gasteiger partial charge in [-0.3, -0.25) is 4.90 Å². The molecule has 0 atom stereocenters. The molecule has 5 nitrogen and oxygen atoms in total. The van der Waals surface area contributed by atoms with Crippen LogP contribution in [0.1, 0.15) is 45.4 Å². The minimum Gasteiger partial charge on any atom is -0.549 e. The fourth-order valence-corrected chi connectivity index (χ4v) is 1.69. The zero-order chi connectivity index (χ0) is 13.1. The van der Waals surface area contributed by atoms with E-state index in [9.17, 15) is 19.8 Å². The Hall–Kier alpha value is 2.17. The van der Waals surface area contributed by atoms with E-state index in [-0.39, 0.29) is 116 Å². The summed E-state index contributed by atoms with van der Waals surface area (Å²) in [6, 6.07) is 0. The van der Waals surface area contributed by atoms with Crippen molar-refractivity contribution in [3.8, 4) is 0 Å². The van der Waals surface area contributed by atoms with E-state index in [1.165, 1.54) is 24.2 Å². The van der Waals surface area contributed by atoms with Crippen LogP contribution >= 0.6 is 0 Å². The molecule has 0 aliphatic carbocycles. The number of unbranched alkanes of at least 4 members (excludes halogenated alkanes) is 5. The van der Waals surface area contributed by atoms with Crippen LogP contribution in [0.2, 0.25) is 0 Å². The van der Waals surface area contributed by atoms with Crippen molar-refractivity contribution in [2.24, 2.45) is 0 Å². The molecule has 0 aromatic carbocycles. The topological polar surface area (TPSA) is 83.5 Å². The number of carbonyl (C=O) groups is 2. The van der Waals surface area contributed by atoms with Crippen LogP contribution in [0, 0.1) is 0 Å². The van der Waals surface area contributed by atoms with Crippen molar-refractivity contribution in [2.45, 2.75) is 45.4 Å². The number of rotatable bonds is 11. The van der Waals surface area contributed by atoms with Gasteiger partial charge in [-0.05, 0) is 13.0 Å². The largest absolute Gasteiger partial charge is 1.00 e. The molecule has 0 aliphatic heterocycles. The van der Waals surface area contributed by atoms with Gasteiger partial charge >= 0.3 is 103 Å². The van der Waals surface area contributed by atoms with Gasteiger partial charge < -0.3 is 19.8 Å². The van der Waals surface area contributed by atoms with Crippen molar-refractivity contribution in [2.75, 3.05) is 19.6 Å². The minimum absolute atomic E-state index is 0. The van der Waals surface area contributed by atoms with Crippen LogP contribution in [0.25, 0.3) is 0 Å². The van der Waals surface area contributed by atoms with Crippen LogP contribution in [0.15, 0.2) is 0 Å². The molecule has 7 heteroatoms. The quantitative estimate of drug-likeness (QED) is 0.279. The molecule has 0 spiro atoms. The molecule has 0 N–H and O–H groups in total. The van der Waals surface area contributed by atoms with Crippen LogP contribution < -0.4 is 113 Å². The maximum atomic E-state index is 10.4. The smallest absolute Gasteiger partial charge is 0.549 e. The van der Waals surface area contributed by atoms with Gasteiger partial charge in [0, 0.05) is 13.1 Å². The number of carboxylic acids is 2. The van der Waals surface area contributed by atoms with Gasteiger partial charge in [0.05, 0.1) is 11.9 Å². The van der Waals surface area contributed by atoms with Crippen LogP contribution in [0.5, 0.6) is 0 Å². The molecular formula is C12H21K2NO4. The standard InChI is InChI=1S/C12H23NO4.2K/c1-2-3-4-5-6-7-8-13(9-11(14)15)10-12(16)17;;/h2-10H2,1H3,(H,14,15)(H,16,17);;/q;2*+1/p-2. The maximum Gasteiger partial charge on any atom is 1.00 e. The van der Waals surface area contributed by atoms with Crippen molar-refractivity contribution in [1.82, 2.24) is 4.90 Å². The van der Waals surface area contributed by atoms with Gasteiger partial charge in [0.25, 0.3) is 0 Å². The second kappa shape index (κ2) is 18.2. The summed E-state index contributed by atoms with van der Waals surface area (Å²) in [5, 5.41) is 20.8. The first kappa shape index (κ1) is 26.1. The first-order valence-corrected chi connectivity index (χ1v) is 6.18. The van der Waals surface area contributed by atoms with Crippen LogP contribution in [0.3, 0.4) is 0 Å². The fraction of sp³-hybridized carbons (Fsp3) is 0.833. The molecule has 0 bridgehead atoms. The molecule has 0 aromatic rings. The summed E-state index contributed by atoms with van der Waals surface area (Å²) in [5.74, 6) is -2.51. The zero-order valence-electron chi connectivity index (χ0n) is 12.4. The Morgan fingerprint density at radius 1 is 0.842 bits per heavy atom. The monoisotopic (exact) mass is 321 g/mol. The average Bonchev–Trinajstić information content (AvgIpc) is 2.21. The van der Waals surface area contributed by atoms with Crippen molar-refractivity contribution < 1.29 is 123 Å². The van der Waals surface area contributed by atoms with Crippen molar-refractivity contribution in [1.29, 1.82) is 0 Å². The third kappa shape index (κ3) is 20.2. The number of nitrogens with zero attached hydrogens (tertiary/aromatic N) is 1. The van der Waals surface area contributed by atoms with E-state index in [0.29, 0.717) is 6.54 Å². The Morgan fingerprint density at radius 2 is 1.26 bits per heavy atom. The van der Waals surface area contributed by atoms with Crippen LogP contribution in [-0.2, 0) is 9.59 Å². The molecule has 0 fully saturated rings. The molecule has 0 saturated carbocycles. The summed E-state index contributed by atoms with van der Waals surface area (Å²) < 4.78 is 0. The number of hydrogen-bond donors (Lipinski definition) is 0. The van der Waals surface area contributed by atoms with E-state index in [4.69, 9.17) is 0 Å². The number of hydrogen-bond acceptors (Lipinski definition) is 5. The van der Waals surface area contributed by atoms with Gasteiger partial charge in [-0.2, -0.15) is 0 Å². The van der Waals surface area contributed by atoms with E-state index in [2.05, 4.69) is 6.92 Å². The normalized spacial score (nSPS) is 9.58. The molecule has 0 amide bonds. The summed E-state index contributed by atoms with van der Waals surface area (Å²) in [5.41, 5.74) is 0. The summed E-state index contributed by atoms with van der Waals surface area (Å²) in [7, 11) is 0. The predicted molar refractivity (Wildman–Crippen MR) is 59.8 cm³/mol. The predicted octanol–water partition coefficient (Wildman–Crippen LogP) is -6.84. The van der Waals surface area contributed by atoms with Crippen molar-refractivity contribution in [3.63, 3.8) is 0 Å². The summed E-state index contributed by atoms with van der Waals surface area (Å²) in [6.45, 7) is 1.92. The maximum absolute atomic E-state index is 10.4. The minimum atomic E-state index is -1.25. The summed E-state index contributed by atoms with van der Waals surface area (Å²) in [6.07, 6.45) is 6.49. The van der Waals surface area contributed by atoms with Crippen LogP contribution in [-0.4, -0.2) is 36.5 Å². The molecule has 0 rings (SSSR count). The second-order valence-electron chi connectivity index (χ2n) is 4.22. The Kier molecular flexibility index (Phi) is 25.0. The van der Waals surface area contributed by atoms with E-state index in [1.54, 1.807) is 0 Å². The molecule has 19 heavy (non-hydrogen) atoms. The molecule has 0 saturated heterocycles. The average molecular weight is 321 g/mol. The number of carbonyl (C=O) groups excluding carboxylic acids is 2. The third-order valence-corrected chi connectivity index (χ3v) is 2.53. The van der Waals surface area contributed by atoms with Gasteiger partial charge in [0.15, 0.2) is 0 Å². The molecule has 0 unspecified atom stereocenters. The SMILES string of the molecule is CCCCCCCCN(CC(=O)[O-])CC(=O)[O-].[K+].[K+]. The van der Waals surface area contributed by atoms with Gasteiger partial charge in [0.1, 0.15) is 0 Å². The van der Waals surface area contributed by atoms with Gasteiger partial charge in [-0.25, -0.2) is 0 Å². The van der Waals surface area contributed by atoms with Gasteiger partial charge in [-0.15, -0.1) is 0 Å². The van der Waals surface area contributed by atoms with Crippen molar-refractivity contribution >= 4 is 11.9 Å². The summed E-state index contributed by atoms with van der Waals surface area (Å²) >= 11 is 0. The molecule has 0 aliphatic rings. The Labute approximate surface area is 200 Å². The van der Waals surface area contributed by atoms with Crippen molar-refractivity contribution in [3.05, 3.63) is 0 Å². The number of aliphatic carboxylic acids is 2. The Balaban J connectivity index is -0.00000128. The molecule has 0 radical (unpaired) electrons. The Morgan fingerprint density at radius 3 is 1.68 bits per heavy atom. The molecule has 100 valence electrons. The van der Waals surface area contributed by atoms with Gasteiger partial charge in [-0.1, -0.05) is 39.0 Å². The van der Waals surface area contributed by atoms with E-state index < -0.39 is 11.9 Å². The molecule has 0 aromatic heterocycles. The van der Waals surface area contributed by atoms with E-state index >= 15 is 0 Å².